The van der Waals surface area contributed by atoms with Crippen LogP contribution in [0, 0.1) is 12.8 Å². The van der Waals surface area contributed by atoms with E-state index >= 15 is 0 Å². The Morgan fingerprint density at radius 2 is 1.95 bits per heavy atom. The molecule has 0 atom stereocenters. The molecule has 2 aromatic rings. The normalized spacial score (nSPS) is 22.4. The topological polar surface area (TPSA) is 44.9 Å². The fraction of sp³-hybridized carbons (Fsp3) is 0.500. The number of carbonyl (C=O) groups excluding carboxylic acids is 1. The first-order valence-electron chi connectivity index (χ1n) is 7.99. The fourth-order valence-electron chi connectivity index (χ4n) is 3.41. The molecule has 1 aliphatic rings. The summed E-state index contributed by atoms with van der Waals surface area (Å²) in [6.45, 7) is 4.35. The van der Waals surface area contributed by atoms with Gasteiger partial charge in [-0.25, -0.2) is 0 Å². The van der Waals surface area contributed by atoms with Gasteiger partial charge >= 0.3 is 0 Å². The number of carbonyl (C=O) groups is 1. The Labute approximate surface area is 126 Å². The molecule has 112 valence electrons. The second-order valence-corrected chi connectivity index (χ2v) is 6.48. The van der Waals surface area contributed by atoms with Gasteiger partial charge in [-0.2, -0.15) is 0 Å². The van der Waals surface area contributed by atoms with Crippen LogP contribution in [0.15, 0.2) is 24.3 Å². The average Bonchev–Trinajstić information content (AvgIpc) is 2.78. The average molecular weight is 284 g/mol. The summed E-state index contributed by atoms with van der Waals surface area (Å²) in [4.78, 5) is 15.7. The number of aromatic amines is 1. The second-order valence-electron chi connectivity index (χ2n) is 6.48. The third-order valence-corrected chi connectivity index (χ3v) is 4.75. The molecule has 1 amide bonds. The molecule has 0 radical (unpaired) electrons. The summed E-state index contributed by atoms with van der Waals surface area (Å²) in [5.74, 6) is 0.969. The van der Waals surface area contributed by atoms with Gasteiger partial charge in [0.05, 0.1) is 6.42 Å². The maximum Gasteiger partial charge on any atom is 0.224 e. The van der Waals surface area contributed by atoms with E-state index in [1.54, 1.807) is 0 Å². The van der Waals surface area contributed by atoms with Crippen LogP contribution in [0.25, 0.3) is 10.9 Å². The number of hydrogen-bond donors (Lipinski definition) is 2. The van der Waals surface area contributed by atoms with Crippen molar-refractivity contribution in [3.05, 3.63) is 35.5 Å². The van der Waals surface area contributed by atoms with Crippen molar-refractivity contribution in [2.75, 3.05) is 0 Å². The number of hydrogen-bond acceptors (Lipinski definition) is 1. The number of H-pyrrole nitrogens is 1. The van der Waals surface area contributed by atoms with Gasteiger partial charge in [-0.05, 0) is 50.2 Å². The third-order valence-electron chi connectivity index (χ3n) is 4.75. The Kier molecular flexibility index (Phi) is 4.00. The van der Waals surface area contributed by atoms with Crippen LogP contribution in [0.2, 0.25) is 0 Å². The van der Waals surface area contributed by atoms with Crippen LogP contribution < -0.4 is 5.32 Å². The maximum atomic E-state index is 12.3. The zero-order valence-corrected chi connectivity index (χ0v) is 12.9. The first-order valence-corrected chi connectivity index (χ1v) is 7.99. The van der Waals surface area contributed by atoms with E-state index in [-0.39, 0.29) is 5.91 Å². The van der Waals surface area contributed by atoms with Crippen molar-refractivity contribution in [1.29, 1.82) is 0 Å². The van der Waals surface area contributed by atoms with Crippen molar-refractivity contribution in [1.82, 2.24) is 10.3 Å². The molecule has 1 fully saturated rings. The lowest BCUT2D eigenvalue weighted by Crippen LogP contribution is -2.38. The number of para-hydroxylation sites is 1. The highest BCUT2D eigenvalue weighted by Crippen LogP contribution is 2.25. The number of benzene rings is 1. The van der Waals surface area contributed by atoms with Crippen LogP contribution in [0.4, 0.5) is 0 Å². The molecule has 3 rings (SSSR count). The third kappa shape index (κ3) is 3.12. The Bertz CT molecular complexity index is 636. The van der Waals surface area contributed by atoms with Gasteiger partial charge in [0, 0.05) is 22.6 Å². The van der Waals surface area contributed by atoms with E-state index in [1.807, 2.05) is 19.1 Å². The van der Waals surface area contributed by atoms with Crippen LogP contribution in [0.5, 0.6) is 0 Å². The number of nitrogens with one attached hydrogen (secondary N) is 2. The summed E-state index contributed by atoms with van der Waals surface area (Å²) in [6, 6.07) is 8.57. The Hall–Kier alpha value is -1.77. The predicted molar refractivity (Wildman–Crippen MR) is 86.3 cm³/mol. The fourth-order valence-corrected chi connectivity index (χ4v) is 3.41. The largest absolute Gasteiger partial charge is 0.358 e. The number of aromatic nitrogens is 1. The van der Waals surface area contributed by atoms with Gasteiger partial charge < -0.3 is 10.3 Å². The second kappa shape index (κ2) is 5.92. The predicted octanol–water partition coefficient (Wildman–Crippen LogP) is 3.71. The maximum absolute atomic E-state index is 12.3. The monoisotopic (exact) mass is 284 g/mol. The molecule has 1 aromatic carbocycles. The minimum absolute atomic E-state index is 0.155. The Morgan fingerprint density at radius 1 is 1.24 bits per heavy atom. The number of rotatable bonds is 3. The highest BCUT2D eigenvalue weighted by Gasteiger charge is 2.20. The molecular weight excluding hydrogens is 260 g/mol. The van der Waals surface area contributed by atoms with Gasteiger partial charge in [0.25, 0.3) is 0 Å². The van der Waals surface area contributed by atoms with Crippen LogP contribution >= 0.6 is 0 Å². The molecule has 1 aromatic heterocycles. The molecule has 1 heterocycles. The summed E-state index contributed by atoms with van der Waals surface area (Å²) in [6.07, 6.45) is 5.19. The molecule has 21 heavy (non-hydrogen) atoms. The van der Waals surface area contributed by atoms with Gasteiger partial charge in [0.1, 0.15) is 0 Å². The van der Waals surface area contributed by atoms with Gasteiger partial charge in [0.15, 0.2) is 0 Å². The summed E-state index contributed by atoms with van der Waals surface area (Å²) in [5.41, 5.74) is 3.35. The summed E-state index contributed by atoms with van der Waals surface area (Å²) < 4.78 is 0. The molecule has 0 bridgehead atoms. The van der Waals surface area contributed by atoms with E-state index < -0.39 is 0 Å². The lowest BCUT2D eigenvalue weighted by Gasteiger charge is -2.26. The van der Waals surface area contributed by atoms with E-state index in [2.05, 4.69) is 29.4 Å². The van der Waals surface area contributed by atoms with E-state index in [4.69, 9.17) is 0 Å². The van der Waals surface area contributed by atoms with Crippen LogP contribution in [-0.2, 0) is 11.2 Å². The summed E-state index contributed by atoms with van der Waals surface area (Å²) in [7, 11) is 0. The van der Waals surface area contributed by atoms with Crippen molar-refractivity contribution in [2.45, 2.75) is 52.0 Å². The molecule has 1 aliphatic carbocycles. The van der Waals surface area contributed by atoms with Gasteiger partial charge in [-0.3, -0.25) is 4.79 Å². The van der Waals surface area contributed by atoms with E-state index in [0.717, 1.165) is 35.5 Å². The van der Waals surface area contributed by atoms with E-state index in [0.29, 0.717) is 12.5 Å². The smallest absolute Gasteiger partial charge is 0.224 e. The zero-order valence-electron chi connectivity index (χ0n) is 12.9. The highest BCUT2D eigenvalue weighted by atomic mass is 16.1. The van der Waals surface area contributed by atoms with Gasteiger partial charge in [-0.15, -0.1) is 0 Å². The number of aryl methyl sites for hydroxylation is 1. The molecule has 3 nitrogen and oxygen atoms in total. The molecule has 0 saturated heterocycles. The van der Waals surface area contributed by atoms with Crippen molar-refractivity contribution in [3.63, 3.8) is 0 Å². The zero-order chi connectivity index (χ0) is 14.8. The number of amides is 1. The van der Waals surface area contributed by atoms with E-state index in [1.165, 1.54) is 18.2 Å². The molecule has 1 saturated carbocycles. The first-order chi connectivity index (χ1) is 10.1. The van der Waals surface area contributed by atoms with Gasteiger partial charge in [-0.1, -0.05) is 25.1 Å². The SMILES string of the molecule is Cc1[nH]c2ccccc2c1CC(=O)NC1CCC(C)CC1. The Balaban J connectivity index is 1.67. The van der Waals surface area contributed by atoms with Crippen molar-refractivity contribution < 1.29 is 4.79 Å². The molecule has 3 heteroatoms. The lowest BCUT2D eigenvalue weighted by atomic mass is 9.87. The van der Waals surface area contributed by atoms with Crippen molar-refractivity contribution >= 4 is 16.8 Å². The first kappa shape index (κ1) is 14.2. The minimum atomic E-state index is 0.155. The lowest BCUT2D eigenvalue weighted by molar-refractivity contribution is -0.121. The van der Waals surface area contributed by atoms with Crippen molar-refractivity contribution in [2.24, 2.45) is 5.92 Å². The van der Waals surface area contributed by atoms with Crippen molar-refractivity contribution in [3.8, 4) is 0 Å². The highest BCUT2D eigenvalue weighted by molar-refractivity contribution is 5.90. The number of fused-ring (bicyclic) bond motifs is 1. The molecule has 0 unspecified atom stereocenters. The van der Waals surface area contributed by atoms with Gasteiger partial charge in [0.2, 0.25) is 5.91 Å². The standard InChI is InChI=1S/C18H24N2O/c1-12-7-9-14(10-8-12)20-18(21)11-16-13(2)19-17-6-4-3-5-15(16)17/h3-6,12,14,19H,7-11H2,1-2H3,(H,20,21). The van der Waals surface area contributed by atoms with Crippen LogP contribution in [0.3, 0.4) is 0 Å². The molecule has 0 aliphatic heterocycles. The van der Waals surface area contributed by atoms with Crippen LogP contribution in [-0.4, -0.2) is 16.9 Å². The molecule has 0 spiro atoms. The molecular formula is C18H24N2O. The quantitative estimate of drug-likeness (QED) is 0.886. The molecule has 2 N–H and O–H groups in total. The minimum Gasteiger partial charge on any atom is -0.358 e. The van der Waals surface area contributed by atoms with E-state index in [9.17, 15) is 4.79 Å². The summed E-state index contributed by atoms with van der Waals surface area (Å²) >= 11 is 0. The summed E-state index contributed by atoms with van der Waals surface area (Å²) in [5, 5.41) is 4.39. The van der Waals surface area contributed by atoms with Crippen LogP contribution in [0.1, 0.15) is 43.9 Å². The Morgan fingerprint density at radius 3 is 2.71 bits per heavy atom.